The number of carbonyl (C=O) groups is 4. The molecule has 1 aromatic rings. The summed E-state index contributed by atoms with van der Waals surface area (Å²) >= 11 is 0. The Kier molecular flexibility index (Phi) is 10.5. The molecular weight excluding hydrogens is 673 g/mol. The van der Waals surface area contributed by atoms with Gasteiger partial charge in [-0.2, -0.15) is 0 Å². The molecule has 3 heterocycles. The lowest BCUT2D eigenvalue weighted by Gasteiger charge is -2.55. The number of methoxy groups -OCH3 is 5. The van der Waals surface area contributed by atoms with Crippen molar-refractivity contribution in [3.63, 3.8) is 0 Å². The van der Waals surface area contributed by atoms with E-state index >= 15 is 4.79 Å². The summed E-state index contributed by atoms with van der Waals surface area (Å²) in [6, 6.07) is 7.31. The molecule has 0 spiro atoms. The van der Waals surface area contributed by atoms with Gasteiger partial charge in [0.05, 0.1) is 46.7 Å². The van der Waals surface area contributed by atoms with E-state index < -0.39 is 59.1 Å². The lowest BCUT2D eigenvalue weighted by atomic mass is 9.81. The molecule has 280 valence electrons. The maximum Gasteiger partial charge on any atom is 0.346 e. The fourth-order valence-corrected chi connectivity index (χ4v) is 15.3. The van der Waals surface area contributed by atoms with Crippen molar-refractivity contribution in [3.8, 4) is 5.75 Å². The summed E-state index contributed by atoms with van der Waals surface area (Å²) in [6.07, 6.45) is 4.68. The van der Waals surface area contributed by atoms with Gasteiger partial charge in [0, 0.05) is 40.5 Å². The fraction of sp³-hybridized carbons (Fsp3) is 0.632. The molecule has 0 radical (unpaired) electrons. The normalized spacial score (nSPS) is 27.2. The zero-order chi connectivity index (χ0) is 37.8. The zero-order valence-corrected chi connectivity index (χ0v) is 33.0. The van der Waals surface area contributed by atoms with Crippen LogP contribution in [0.3, 0.4) is 0 Å². The minimum absolute atomic E-state index is 0.0652. The van der Waals surface area contributed by atoms with Gasteiger partial charge in [0.25, 0.3) is 0 Å². The van der Waals surface area contributed by atoms with Crippen LogP contribution in [0, 0.1) is 16.7 Å². The van der Waals surface area contributed by atoms with E-state index in [0.29, 0.717) is 5.75 Å². The predicted molar refractivity (Wildman–Crippen MR) is 195 cm³/mol. The van der Waals surface area contributed by atoms with E-state index in [1.54, 1.807) is 7.11 Å². The van der Waals surface area contributed by atoms with Crippen molar-refractivity contribution in [3.05, 3.63) is 41.0 Å². The Morgan fingerprint density at radius 1 is 0.824 bits per heavy atom. The number of ether oxygens (including phenoxy) is 5. The molecular formula is C38H54N3O9P. The predicted octanol–water partition coefficient (Wildman–Crippen LogP) is 5.70. The van der Waals surface area contributed by atoms with Gasteiger partial charge in [0.1, 0.15) is 18.5 Å². The van der Waals surface area contributed by atoms with Crippen LogP contribution in [0.2, 0.25) is 0 Å². The molecule has 2 fully saturated rings. The second-order valence-corrected chi connectivity index (χ2v) is 18.0. The average molecular weight is 728 g/mol. The molecule has 13 heteroatoms. The van der Waals surface area contributed by atoms with Gasteiger partial charge >= 0.3 is 23.9 Å². The molecule has 0 aromatic heterocycles. The van der Waals surface area contributed by atoms with E-state index in [2.05, 4.69) is 57.8 Å². The molecule has 1 aromatic carbocycles. The molecule has 0 amide bonds. The molecule has 4 bridgehead atoms. The zero-order valence-electron chi connectivity index (χ0n) is 32.1. The SMILES string of the molecule is COC(=O)C(C(=O)OC)=C(C(=O)OC)C1=P2(N(C(C)C)C(C)C)N=C(C(C)(C)C)C3C1(C(=O)OC)C3(c1ccc(OC)cc1)N2C1CCCCC1. The van der Waals surface area contributed by atoms with Crippen LogP contribution in [0.25, 0.3) is 0 Å². The number of rotatable bonds is 11. The van der Waals surface area contributed by atoms with Crippen LogP contribution in [0.15, 0.2) is 40.2 Å². The minimum Gasteiger partial charge on any atom is -0.497 e. The standard InChI is InChI=1S/C38H54N3O9P/c1-22(2)40(23(3)4)51-31(27(32(42)47-9)28(33(43)48-10)34(44)49-11)37(35(45)50-12)29(30(39-51)36(5,6)7)38(37,24-18-20-26(46-8)21-19-24)41(51)25-16-14-13-15-17-25/h18-23,25,29H,13-17H2,1-12H3. The van der Waals surface area contributed by atoms with Gasteiger partial charge in [0.15, 0.2) is 5.57 Å². The summed E-state index contributed by atoms with van der Waals surface area (Å²) in [5.74, 6) is -3.70. The number of benzene rings is 1. The molecule has 0 N–H and O–H groups in total. The van der Waals surface area contributed by atoms with Gasteiger partial charge in [-0.25, -0.2) is 28.5 Å². The fourth-order valence-electron chi connectivity index (χ4n) is 9.47. The number of hydrogen-bond donors (Lipinski definition) is 0. The first kappa shape index (κ1) is 38.8. The monoisotopic (exact) mass is 727 g/mol. The van der Waals surface area contributed by atoms with Crippen LogP contribution in [-0.2, 0) is 43.7 Å². The Morgan fingerprint density at radius 3 is 1.78 bits per heavy atom. The smallest absolute Gasteiger partial charge is 0.346 e. The number of carbonyl (C=O) groups excluding carboxylic acids is 4. The molecule has 2 saturated carbocycles. The van der Waals surface area contributed by atoms with E-state index in [-0.39, 0.29) is 29.0 Å². The maximum absolute atomic E-state index is 15.2. The van der Waals surface area contributed by atoms with Crippen molar-refractivity contribution < 1.29 is 42.9 Å². The highest BCUT2D eigenvalue weighted by Gasteiger charge is 2.95. The van der Waals surface area contributed by atoms with Crippen LogP contribution in [0.1, 0.15) is 86.1 Å². The molecule has 5 aliphatic rings. The first-order valence-electron chi connectivity index (χ1n) is 17.7. The van der Waals surface area contributed by atoms with Crippen LogP contribution in [0.4, 0.5) is 0 Å². The summed E-state index contributed by atoms with van der Waals surface area (Å²) in [4.78, 5) is 57.3. The maximum atomic E-state index is 15.2. The summed E-state index contributed by atoms with van der Waals surface area (Å²) in [7, 11) is 2.86. The molecule has 51 heavy (non-hydrogen) atoms. The van der Waals surface area contributed by atoms with Crippen molar-refractivity contribution in [2.24, 2.45) is 21.5 Å². The summed E-state index contributed by atoms with van der Waals surface area (Å²) in [5, 5.41) is 0.279. The first-order chi connectivity index (χ1) is 24.0. The van der Waals surface area contributed by atoms with Crippen molar-refractivity contribution in [2.75, 3.05) is 35.5 Å². The van der Waals surface area contributed by atoms with Gasteiger partial charge in [-0.05, 0) is 58.2 Å². The van der Waals surface area contributed by atoms with E-state index in [0.717, 1.165) is 57.6 Å². The highest BCUT2D eigenvalue weighted by molar-refractivity contribution is 7.72. The van der Waals surface area contributed by atoms with Gasteiger partial charge in [0.2, 0.25) is 0 Å². The van der Waals surface area contributed by atoms with E-state index in [4.69, 9.17) is 28.4 Å². The van der Waals surface area contributed by atoms with Crippen LogP contribution >= 0.6 is 7.34 Å². The van der Waals surface area contributed by atoms with Crippen molar-refractivity contribution in [2.45, 2.75) is 104 Å². The third-order valence-corrected chi connectivity index (χ3v) is 15.5. The van der Waals surface area contributed by atoms with Gasteiger partial charge in [-0.3, -0.25) is 4.79 Å². The van der Waals surface area contributed by atoms with Gasteiger partial charge < -0.3 is 23.7 Å². The largest absolute Gasteiger partial charge is 0.497 e. The number of nitrogens with zero attached hydrogens (tertiary/aromatic N) is 3. The molecule has 2 aliphatic carbocycles. The lowest BCUT2D eigenvalue weighted by molar-refractivity contribution is -0.147. The van der Waals surface area contributed by atoms with Gasteiger partial charge in [-0.1, -0.05) is 52.2 Å². The molecule has 3 aliphatic heterocycles. The second-order valence-electron chi connectivity index (χ2n) is 15.3. The third-order valence-electron chi connectivity index (χ3n) is 11.0. The minimum atomic E-state index is -3.53. The molecule has 4 atom stereocenters. The average Bonchev–Trinajstić information content (AvgIpc) is 3.68. The summed E-state index contributed by atoms with van der Waals surface area (Å²) in [5.41, 5.74) is -2.58. The number of hydrogen-bond acceptors (Lipinski definition) is 12. The van der Waals surface area contributed by atoms with Crippen LogP contribution < -0.4 is 4.74 Å². The highest BCUT2D eigenvalue weighted by atomic mass is 31.2. The summed E-state index contributed by atoms with van der Waals surface area (Å²) < 4.78 is 37.8. The van der Waals surface area contributed by atoms with E-state index in [9.17, 15) is 14.4 Å². The van der Waals surface area contributed by atoms with Crippen LogP contribution in [-0.4, -0.2) is 97.9 Å². The van der Waals surface area contributed by atoms with E-state index in [1.165, 1.54) is 14.2 Å². The Hall–Kier alpha value is -3.47. The molecule has 0 saturated heterocycles. The van der Waals surface area contributed by atoms with Crippen molar-refractivity contribution >= 4 is 42.2 Å². The van der Waals surface area contributed by atoms with Crippen molar-refractivity contribution in [1.29, 1.82) is 0 Å². The molecule has 6 rings (SSSR count). The first-order valence-corrected chi connectivity index (χ1v) is 19.4. The topological polar surface area (TPSA) is 133 Å². The molecule has 4 unspecified atom stereocenters. The van der Waals surface area contributed by atoms with E-state index in [1.807, 2.05) is 24.3 Å². The molecule has 12 nitrogen and oxygen atoms in total. The Bertz CT molecular complexity index is 1690. The van der Waals surface area contributed by atoms with Gasteiger partial charge in [-0.15, -0.1) is 0 Å². The Morgan fingerprint density at radius 2 is 1.35 bits per heavy atom. The van der Waals surface area contributed by atoms with Crippen LogP contribution in [0.5, 0.6) is 5.75 Å². The Labute approximate surface area is 302 Å². The second kappa shape index (κ2) is 13.8. The number of esters is 4. The third kappa shape index (κ3) is 5.25. The van der Waals surface area contributed by atoms with Crippen molar-refractivity contribution in [1.82, 2.24) is 9.34 Å². The Balaban J connectivity index is 2.20. The summed E-state index contributed by atoms with van der Waals surface area (Å²) in [6.45, 7) is 14.5. The highest BCUT2D eigenvalue weighted by Crippen LogP contribution is 2.92. The lowest BCUT2D eigenvalue weighted by Crippen LogP contribution is -2.52. The quantitative estimate of drug-likeness (QED) is 0.0695.